The van der Waals surface area contributed by atoms with Crippen molar-refractivity contribution in [3.05, 3.63) is 126 Å². The second-order valence-electron chi connectivity index (χ2n) is 10.7. The van der Waals surface area contributed by atoms with E-state index >= 15 is 0 Å². The number of carbonyl (C=O) groups is 2. The van der Waals surface area contributed by atoms with Crippen LogP contribution in [0.1, 0.15) is 32.6 Å². The second-order valence-corrected chi connectivity index (χ2v) is 14.1. The van der Waals surface area contributed by atoms with Gasteiger partial charge in [-0.1, -0.05) is 35.5 Å². The summed E-state index contributed by atoms with van der Waals surface area (Å²) in [5.41, 5.74) is 4.66. The molecule has 0 spiro atoms. The van der Waals surface area contributed by atoms with Crippen molar-refractivity contribution in [2.24, 2.45) is 4.99 Å². The van der Waals surface area contributed by atoms with E-state index in [1.807, 2.05) is 25.1 Å². The number of nitrogens with zero attached hydrogens (tertiary/aromatic N) is 4. The third kappa shape index (κ3) is 7.12. The average molecular weight is 697 g/mol. The van der Waals surface area contributed by atoms with Crippen molar-refractivity contribution < 1.29 is 19.4 Å². The van der Waals surface area contributed by atoms with Crippen molar-refractivity contribution in [2.45, 2.75) is 30.0 Å². The number of nitrogens with one attached hydrogen (secondary N) is 2. The fraction of sp³-hybridized carbons (Fsp3) is 0.0909. The summed E-state index contributed by atoms with van der Waals surface area (Å²) in [6.45, 7) is 5.35. The average Bonchev–Trinajstić information content (AvgIpc) is 3.60. The molecule has 1 aliphatic rings. The molecule has 48 heavy (non-hydrogen) atoms. The molecule has 2 N–H and O–H groups in total. The van der Waals surface area contributed by atoms with Crippen molar-refractivity contribution in [3.63, 3.8) is 0 Å². The number of amides is 2. The van der Waals surface area contributed by atoms with E-state index < -0.39 is 15.8 Å². The smallest absolute Gasteiger partial charge is 0.283 e. The summed E-state index contributed by atoms with van der Waals surface area (Å²) in [7, 11) is 0. The topological polar surface area (TPSA) is 170 Å². The first-order valence-electron chi connectivity index (χ1n) is 14.2. The lowest BCUT2D eigenvalue weighted by Crippen LogP contribution is -2.19. The highest BCUT2D eigenvalue weighted by molar-refractivity contribution is 8.18. The number of amidine groups is 1. The van der Waals surface area contributed by atoms with Gasteiger partial charge in [0.15, 0.2) is 9.51 Å². The number of thioether (sulfide) groups is 1. The number of hydrogen-bond donors (Lipinski definition) is 2. The maximum atomic E-state index is 12.7. The van der Waals surface area contributed by atoms with Gasteiger partial charge in [-0.05, 0) is 92.2 Å². The number of fused-ring (bicyclic) bond motifs is 1. The molecule has 4 aromatic carbocycles. The van der Waals surface area contributed by atoms with Gasteiger partial charge < -0.3 is 10.6 Å². The second kappa shape index (κ2) is 13.4. The van der Waals surface area contributed by atoms with Crippen LogP contribution in [-0.4, -0.2) is 31.8 Å². The van der Waals surface area contributed by atoms with Gasteiger partial charge in [0, 0.05) is 28.9 Å². The first kappa shape index (κ1) is 32.6. The van der Waals surface area contributed by atoms with Gasteiger partial charge in [-0.25, -0.2) is 9.98 Å². The maximum absolute atomic E-state index is 12.7. The van der Waals surface area contributed by atoms with Gasteiger partial charge in [-0.2, -0.15) is 0 Å². The van der Waals surface area contributed by atoms with E-state index in [0.717, 1.165) is 33.8 Å². The quantitative estimate of drug-likeness (QED) is 0.0920. The van der Waals surface area contributed by atoms with Crippen molar-refractivity contribution in [3.8, 4) is 0 Å². The predicted octanol–water partition coefficient (Wildman–Crippen LogP) is 8.33. The van der Waals surface area contributed by atoms with Gasteiger partial charge in [0.25, 0.3) is 23.2 Å². The highest BCUT2D eigenvalue weighted by Gasteiger charge is 2.25. The maximum Gasteiger partial charge on any atom is 0.283 e. The SMILES string of the molecule is Cc1ccc(C(=O)Nc2ccc3nc(Sc4ccc(/C=C5\SC(=Nc6cc(C)c(C)c([N+](=O)[O-])c6)NC5=O)cc4[N+](=O)[O-])sc3c2)cc1. The molecule has 0 aliphatic carbocycles. The monoisotopic (exact) mass is 696 g/mol. The minimum Gasteiger partial charge on any atom is -0.322 e. The van der Waals surface area contributed by atoms with E-state index in [2.05, 4.69) is 20.6 Å². The molecule has 0 atom stereocenters. The number of aryl methyl sites for hydroxylation is 2. The van der Waals surface area contributed by atoms with Crippen molar-refractivity contribution in [1.82, 2.24) is 10.3 Å². The van der Waals surface area contributed by atoms with E-state index in [0.29, 0.717) is 48.4 Å². The predicted molar refractivity (Wildman–Crippen MR) is 189 cm³/mol. The number of benzene rings is 4. The number of aliphatic imine (C=N–C) groups is 1. The van der Waals surface area contributed by atoms with E-state index in [9.17, 15) is 29.8 Å². The van der Waals surface area contributed by atoms with Gasteiger partial charge in [0.05, 0.1) is 35.6 Å². The van der Waals surface area contributed by atoms with Gasteiger partial charge in [-0.3, -0.25) is 29.8 Å². The van der Waals surface area contributed by atoms with Gasteiger partial charge in [0.2, 0.25) is 0 Å². The molecule has 15 heteroatoms. The molecule has 1 fully saturated rings. The van der Waals surface area contributed by atoms with Crippen molar-refractivity contribution in [1.29, 1.82) is 0 Å². The van der Waals surface area contributed by atoms with Crippen LogP contribution < -0.4 is 10.6 Å². The highest BCUT2D eigenvalue weighted by atomic mass is 32.2. The zero-order valence-corrected chi connectivity index (χ0v) is 27.9. The van der Waals surface area contributed by atoms with Gasteiger partial charge >= 0.3 is 0 Å². The summed E-state index contributed by atoms with van der Waals surface area (Å²) in [4.78, 5) is 57.5. The Balaban J connectivity index is 1.19. The Morgan fingerprint density at radius 1 is 0.958 bits per heavy atom. The molecule has 12 nitrogen and oxygen atoms in total. The number of nitro groups is 2. The molecular weight excluding hydrogens is 673 g/mol. The third-order valence-corrected chi connectivity index (χ3v) is 10.4. The Morgan fingerprint density at radius 3 is 2.44 bits per heavy atom. The summed E-state index contributed by atoms with van der Waals surface area (Å²) >= 11 is 3.53. The molecule has 2 heterocycles. The molecule has 0 unspecified atom stereocenters. The largest absolute Gasteiger partial charge is 0.322 e. The molecule has 5 aromatic rings. The number of thiazole rings is 1. The molecule has 1 saturated heterocycles. The van der Waals surface area contributed by atoms with Crippen LogP contribution in [0.5, 0.6) is 0 Å². The zero-order chi connectivity index (χ0) is 34.1. The van der Waals surface area contributed by atoms with Crippen LogP contribution in [0.2, 0.25) is 0 Å². The van der Waals surface area contributed by atoms with Crippen LogP contribution in [0, 0.1) is 41.0 Å². The van der Waals surface area contributed by atoms with Crippen molar-refractivity contribution in [2.75, 3.05) is 5.32 Å². The number of carbonyl (C=O) groups excluding carboxylic acids is 2. The molecular formula is C33H24N6O6S3. The standard InChI is InChI=1S/C33H24N6O6S3/c1-17-4-7-21(8-5-17)30(40)34-22-9-10-24-28(16-22)48-33(36-24)47-27-11-6-20(13-26(27)39(44)45)14-29-31(41)37-32(46-29)35-23-12-18(2)19(3)25(15-23)38(42)43/h4-16H,1-3H3,(H,34,40)(H,35,37,41)/b29-14-. The lowest BCUT2D eigenvalue weighted by Gasteiger charge is -2.05. The Kier molecular flexibility index (Phi) is 9.08. The lowest BCUT2D eigenvalue weighted by atomic mass is 10.1. The van der Waals surface area contributed by atoms with Crippen LogP contribution in [0.25, 0.3) is 16.3 Å². The van der Waals surface area contributed by atoms with E-state index in [1.165, 1.54) is 29.5 Å². The van der Waals surface area contributed by atoms with E-state index in [-0.39, 0.29) is 27.4 Å². The van der Waals surface area contributed by atoms with Crippen molar-refractivity contribution >= 4 is 90.9 Å². The van der Waals surface area contributed by atoms with Crippen LogP contribution in [-0.2, 0) is 4.79 Å². The molecule has 6 rings (SSSR count). The Labute approximate surface area is 285 Å². The summed E-state index contributed by atoms with van der Waals surface area (Å²) in [5.74, 6) is -0.675. The Hall–Kier alpha value is -5.38. The number of rotatable bonds is 8. The van der Waals surface area contributed by atoms with Crippen LogP contribution >= 0.6 is 34.9 Å². The Morgan fingerprint density at radius 2 is 1.71 bits per heavy atom. The normalized spacial score (nSPS) is 14.4. The van der Waals surface area contributed by atoms with E-state index in [1.54, 1.807) is 56.3 Å². The summed E-state index contributed by atoms with van der Waals surface area (Å²) in [6.07, 6.45) is 1.52. The third-order valence-electron chi connectivity index (χ3n) is 7.32. The summed E-state index contributed by atoms with van der Waals surface area (Å²) < 4.78 is 1.39. The molecule has 1 aliphatic heterocycles. The molecule has 1 aromatic heterocycles. The fourth-order valence-corrected chi connectivity index (χ4v) is 7.70. The van der Waals surface area contributed by atoms with Gasteiger partial charge in [-0.15, -0.1) is 11.3 Å². The molecule has 0 saturated carbocycles. The lowest BCUT2D eigenvalue weighted by molar-refractivity contribution is -0.387. The fourth-order valence-electron chi connectivity index (χ4n) is 4.71. The zero-order valence-electron chi connectivity index (χ0n) is 25.5. The van der Waals surface area contributed by atoms with Gasteiger partial charge in [0.1, 0.15) is 0 Å². The number of anilines is 1. The number of hydrogen-bond acceptors (Lipinski definition) is 11. The van der Waals surface area contributed by atoms with Crippen LogP contribution in [0.15, 0.2) is 91.9 Å². The molecule has 0 bridgehead atoms. The van der Waals surface area contributed by atoms with Crippen LogP contribution in [0.4, 0.5) is 22.7 Å². The van der Waals surface area contributed by atoms with Crippen LogP contribution in [0.3, 0.4) is 0 Å². The van der Waals surface area contributed by atoms with E-state index in [4.69, 9.17) is 0 Å². The molecule has 2 amide bonds. The minimum absolute atomic E-state index is 0.0670. The molecule has 240 valence electrons. The highest BCUT2D eigenvalue weighted by Crippen LogP contribution is 2.40. The first-order chi connectivity index (χ1) is 22.9. The molecule has 0 radical (unpaired) electrons. The number of aromatic nitrogens is 1. The summed E-state index contributed by atoms with van der Waals surface area (Å²) in [6, 6.07) is 20.3. The minimum atomic E-state index is -0.488. The number of nitro benzene ring substituents is 2. The summed E-state index contributed by atoms with van der Waals surface area (Å²) in [5, 5.41) is 29.3. The first-order valence-corrected chi connectivity index (χ1v) is 16.7. The Bertz CT molecular complexity index is 2230.